The molecule has 166 valence electrons. The summed E-state index contributed by atoms with van der Waals surface area (Å²) in [5, 5.41) is 4.12. The average molecular weight is 455 g/mol. The zero-order valence-electron chi connectivity index (χ0n) is 18.7. The largest absolute Gasteiger partial charge is 0.304 e. The predicted octanol–water partition coefficient (Wildman–Crippen LogP) is 5.24. The van der Waals surface area contributed by atoms with E-state index in [4.69, 9.17) is 11.6 Å². The Balaban J connectivity index is 1.74. The first-order valence-corrected chi connectivity index (χ1v) is 11.7. The smallest absolute Gasteiger partial charge is 0.152 e. The summed E-state index contributed by atoms with van der Waals surface area (Å²) >= 11 is 6.53. The lowest BCUT2D eigenvalue weighted by Gasteiger charge is -2.52. The second-order valence-electron chi connectivity index (χ2n) is 8.68. The van der Waals surface area contributed by atoms with Crippen LogP contribution in [0.1, 0.15) is 29.3 Å². The van der Waals surface area contributed by atoms with Gasteiger partial charge < -0.3 is 5.32 Å². The van der Waals surface area contributed by atoms with Crippen LogP contribution < -0.4 is 5.32 Å². The van der Waals surface area contributed by atoms with E-state index in [0.717, 1.165) is 18.8 Å². The molecule has 1 unspecified atom stereocenters. The second kappa shape index (κ2) is 9.06. The molecule has 33 heavy (non-hydrogen) atoms. The quantitative estimate of drug-likeness (QED) is 0.418. The molecule has 0 radical (unpaired) electrons. The summed E-state index contributed by atoms with van der Waals surface area (Å²) in [6.07, 6.45) is 3.35. The van der Waals surface area contributed by atoms with Crippen molar-refractivity contribution in [2.45, 2.75) is 18.0 Å². The van der Waals surface area contributed by atoms with Crippen molar-refractivity contribution in [1.29, 1.82) is 0 Å². The van der Waals surface area contributed by atoms with E-state index in [2.05, 4.69) is 118 Å². The van der Waals surface area contributed by atoms with Gasteiger partial charge in [0.2, 0.25) is 0 Å². The normalized spacial score (nSPS) is 19.3. The van der Waals surface area contributed by atoms with Gasteiger partial charge in [-0.3, -0.25) is 9.88 Å². The number of rotatable bonds is 5. The Morgan fingerprint density at radius 2 is 1.27 bits per heavy atom. The molecule has 4 nitrogen and oxygen atoms in total. The van der Waals surface area contributed by atoms with E-state index in [-0.39, 0.29) is 0 Å². The van der Waals surface area contributed by atoms with E-state index in [9.17, 15) is 0 Å². The fourth-order valence-electron chi connectivity index (χ4n) is 5.21. The van der Waals surface area contributed by atoms with Gasteiger partial charge >= 0.3 is 0 Å². The summed E-state index contributed by atoms with van der Waals surface area (Å²) in [5.74, 6) is 0. The van der Waals surface area contributed by atoms with Gasteiger partial charge in [0.25, 0.3) is 0 Å². The summed E-state index contributed by atoms with van der Waals surface area (Å²) in [6.45, 7) is 4.55. The molecule has 0 spiro atoms. The third-order valence-electron chi connectivity index (χ3n) is 6.63. The van der Waals surface area contributed by atoms with Gasteiger partial charge in [-0.2, -0.15) is 0 Å². The molecule has 0 amide bonds. The molecule has 1 fully saturated rings. The van der Waals surface area contributed by atoms with Crippen molar-refractivity contribution in [2.75, 3.05) is 19.6 Å². The molecule has 1 aromatic heterocycles. The summed E-state index contributed by atoms with van der Waals surface area (Å²) in [7, 11) is 0. The highest BCUT2D eigenvalue weighted by Gasteiger charge is 2.47. The van der Waals surface area contributed by atoms with Crippen LogP contribution in [0.15, 0.2) is 103 Å². The standard InChI is InChI=1S/C28H27ClN4/c1-27(25-26(29)31-18-17-30-25)21-33(20-19-32-27)28(22-11-5-2-6-12-22,23-13-7-3-8-14-23)24-15-9-4-10-16-24/h2-18,32H,19-21H2,1H3. The van der Waals surface area contributed by atoms with Crippen LogP contribution in [0.2, 0.25) is 5.15 Å². The number of piperazine rings is 1. The van der Waals surface area contributed by atoms with Gasteiger partial charge in [0.15, 0.2) is 5.15 Å². The van der Waals surface area contributed by atoms with Gasteiger partial charge in [-0.1, -0.05) is 103 Å². The van der Waals surface area contributed by atoms with Crippen molar-refractivity contribution < 1.29 is 0 Å². The van der Waals surface area contributed by atoms with Gasteiger partial charge in [0, 0.05) is 32.0 Å². The lowest BCUT2D eigenvalue weighted by molar-refractivity contribution is 0.0712. The van der Waals surface area contributed by atoms with Gasteiger partial charge in [0.05, 0.1) is 16.8 Å². The Kier molecular flexibility index (Phi) is 5.98. The topological polar surface area (TPSA) is 41.1 Å². The van der Waals surface area contributed by atoms with Crippen molar-refractivity contribution in [1.82, 2.24) is 20.2 Å². The van der Waals surface area contributed by atoms with E-state index in [1.165, 1.54) is 16.7 Å². The lowest BCUT2D eigenvalue weighted by atomic mass is 9.74. The van der Waals surface area contributed by atoms with Crippen LogP contribution in [0.5, 0.6) is 0 Å². The minimum atomic E-state index is -0.470. The van der Waals surface area contributed by atoms with Crippen molar-refractivity contribution in [3.63, 3.8) is 0 Å². The number of hydrogen-bond acceptors (Lipinski definition) is 4. The summed E-state index contributed by atoms with van der Waals surface area (Å²) < 4.78 is 0. The third kappa shape index (κ3) is 3.84. The minimum absolute atomic E-state index is 0.444. The van der Waals surface area contributed by atoms with Gasteiger partial charge in [0.1, 0.15) is 0 Å². The molecule has 5 heteroatoms. The molecule has 2 heterocycles. The van der Waals surface area contributed by atoms with E-state index < -0.39 is 11.1 Å². The van der Waals surface area contributed by atoms with Gasteiger partial charge in [-0.05, 0) is 23.6 Å². The van der Waals surface area contributed by atoms with Gasteiger partial charge in [-0.25, -0.2) is 4.98 Å². The highest BCUT2D eigenvalue weighted by molar-refractivity contribution is 6.30. The summed E-state index contributed by atoms with van der Waals surface area (Å²) in [5.41, 5.74) is 3.56. The maximum absolute atomic E-state index is 6.53. The number of benzene rings is 3. The molecule has 1 aliphatic rings. The number of hydrogen-bond donors (Lipinski definition) is 1. The maximum Gasteiger partial charge on any atom is 0.152 e. The molecule has 3 aromatic carbocycles. The van der Waals surface area contributed by atoms with Crippen LogP contribution in [0, 0.1) is 0 Å². The molecule has 5 rings (SSSR count). The lowest BCUT2D eigenvalue weighted by Crippen LogP contribution is -2.63. The first kappa shape index (κ1) is 21.8. The first-order chi connectivity index (χ1) is 16.1. The van der Waals surface area contributed by atoms with Crippen molar-refractivity contribution >= 4 is 11.6 Å². The van der Waals surface area contributed by atoms with Gasteiger partial charge in [-0.15, -0.1) is 0 Å². The molecular formula is C28H27ClN4. The fraction of sp³-hybridized carbons (Fsp3) is 0.214. The number of nitrogens with zero attached hydrogens (tertiary/aromatic N) is 3. The molecule has 1 atom stereocenters. The minimum Gasteiger partial charge on any atom is -0.304 e. The SMILES string of the molecule is CC1(c2nccnc2Cl)CN(C(c2ccccc2)(c2ccccc2)c2ccccc2)CCN1. The summed E-state index contributed by atoms with van der Waals surface area (Å²) in [4.78, 5) is 11.5. The van der Waals surface area contributed by atoms with Crippen molar-refractivity contribution in [3.8, 4) is 0 Å². The molecule has 1 aliphatic heterocycles. The van der Waals surface area contributed by atoms with Crippen molar-refractivity contribution in [3.05, 3.63) is 131 Å². The van der Waals surface area contributed by atoms with Crippen LogP contribution in [-0.4, -0.2) is 34.5 Å². The highest BCUT2D eigenvalue weighted by atomic mass is 35.5. The number of nitrogens with one attached hydrogen (secondary N) is 1. The van der Waals surface area contributed by atoms with Crippen LogP contribution in [0.3, 0.4) is 0 Å². The van der Waals surface area contributed by atoms with E-state index in [1.807, 2.05) is 0 Å². The molecular weight excluding hydrogens is 428 g/mol. The Morgan fingerprint density at radius 1 is 0.788 bits per heavy atom. The van der Waals surface area contributed by atoms with Crippen LogP contribution in [-0.2, 0) is 11.1 Å². The van der Waals surface area contributed by atoms with Crippen LogP contribution in [0.4, 0.5) is 0 Å². The highest BCUT2D eigenvalue weighted by Crippen LogP contribution is 2.44. The molecule has 1 N–H and O–H groups in total. The predicted molar refractivity (Wildman–Crippen MR) is 133 cm³/mol. The summed E-state index contributed by atoms with van der Waals surface area (Å²) in [6, 6.07) is 32.3. The van der Waals surface area contributed by atoms with Crippen LogP contribution >= 0.6 is 11.6 Å². The first-order valence-electron chi connectivity index (χ1n) is 11.3. The van der Waals surface area contributed by atoms with Crippen molar-refractivity contribution in [2.24, 2.45) is 0 Å². The van der Waals surface area contributed by atoms with Crippen LogP contribution in [0.25, 0.3) is 0 Å². The fourth-order valence-corrected chi connectivity index (χ4v) is 5.52. The second-order valence-corrected chi connectivity index (χ2v) is 9.04. The number of aromatic nitrogens is 2. The molecule has 4 aromatic rings. The number of halogens is 1. The molecule has 1 saturated heterocycles. The molecule has 0 bridgehead atoms. The Hall–Kier alpha value is -3.05. The van der Waals surface area contributed by atoms with E-state index in [0.29, 0.717) is 11.7 Å². The zero-order valence-corrected chi connectivity index (χ0v) is 19.4. The van der Waals surface area contributed by atoms with E-state index >= 15 is 0 Å². The monoisotopic (exact) mass is 454 g/mol. The Morgan fingerprint density at radius 3 is 1.76 bits per heavy atom. The maximum atomic E-state index is 6.53. The Bertz CT molecular complexity index is 1100. The third-order valence-corrected chi connectivity index (χ3v) is 6.91. The Labute approximate surface area is 200 Å². The molecule has 0 aliphatic carbocycles. The zero-order chi connectivity index (χ0) is 22.7. The molecule has 0 saturated carbocycles. The van der Waals surface area contributed by atoms with E-state index in [1.54, 1.807) is 12.4 Å². The average Bonchev–Trinajstić information content (AvgIpc) is 2.87.